The number of hydrogen-bond donors (Lipinski definition) is 3. The first-order chi connectivity index (χ1) is 43.5. The minimum atomic E-state index is -0.841. The van der Waals surface area contributed by atoms with E-state index >= 15 is 0 Å². The Hall–Kier alpha value is -1.66. The first-order valence-electron chi connectivity index (χ1n) is 40.6. The number of unbranched alkanes of at least 4 members (excludes halogenated alkanes) is 64. The van der Waals surface area contributed by atoms with Gasteiger partial charge in [-0.25, -0.2) is 0 Å². The highest BCUT2D eigenvalue weighted by atomic mass is 16.5. The zero-order valence-electron chi connectivity index (χ0n) is 60.0. The molecule has 3 N–H and O–H groups in total. The Morgan fingerprint density at radius 1 is 0.307 bits per heavy atom. The van der Waals surface area contributed by atoms with Crippen LogP contribution in [0.15, 0.2) is 24.3 Å². The lowest BCUT2D eigenvalue weighted by atomic mass is 10.0. The molecule has 522 valence electrons. The average molecular weight is 1240 g/mol. The molecule has 0 spiro atoms. The van der Waals surface area contributed by atoms with Crippen LogP contribution in [0.1, 0.15) is 463 Å². The van der Waals surface area contributed by atoms with E-state index in [1.807, 2.05) is 6.08 Å². The van der Waals surface area contributed by atoms with Crippen molar-refractivity contribution in [3.63, 3.8) is 0 Å². The van der Waals surface area contributed by atoms with Crippen molar-refractivity contribution in [1.29, 1.82) is 0 Å². The second kappa shape index (κ2) is 77.8. The highest BCUT2D eigenvalue weighted by Gasteiger charge is 2.18. The zero-order chi connectivity index (χ0) is 63.5. The summed E-state index contributed by atoms with van der Waals surface area (Å²) in [6.07, 6.45) is 100. The highest BCUT2D eigenvalue weighted by molar-refractivity contribution is 5.76. The molecule has 0 aliphatic rings. The fourth-order valence-electron chi connectivity index (χ4n) is 13.0. The molecule has 0 aromatic rings. The predicted octanol–water partition coefficient (Wildman–Crippen LogP) is 26.8. The summed E-state index contributed by atoms with van der Waals surface area (Å²) in [5.41, 5.74) is 0. The molecule has 0 aliphatic heterocycles. The maximum atomic E-state index is 12.5. The van der Waals surface area contributed by atoms with Crippen LogP contribution in [-0.4, -0.2) is 47.4 Å². The van der Waals surface area contributed by atoms with Crippen LogP contribution in [0.3, 0.4) is 0 Å². The Balaban J connectivity index is 3.32. The number of allylic oxidation sites excluding steroid dienone is 3. The van der Waals surface area contributed by atoms with Crippen molar-refractivity contribution in [2.24, 2.45) is 0 Å². The lowest BCUT2D eigenvalue weighted by Gasteiger charge is -2.20. The number of nitrogens with one attached hydrogen (secondary N) is 1. The number of aliphatic hydroxyl groups excluding tert-OH is 2. The Bertz CT molecular complexity index is 1380. The van der Waals surface area contributed by atoms with Crippen molar-refractivity contribution in [3.8, 4) is 0 Å². The molecule has 0 saturated heterocycles. The number of carbonyl (C=O) groups is 2. The van der Waals surface area contributed by atoms with Crippen molar-refractivity contribution in [3.05, 3.63) is 24.3 Å². The monoisotopic (exact) mass is 1240 g/mol. The molecule has 0 aromatic heterocycles. The maximum Gasteiger partial charge on any atom is 0.305 e. The van der Waals surface area contributed by atoms with Crippen molar-refractivity contribution >= 4 is 11.9 Å². The van der Waals surface area contributed by atoms with Gasteiger partial charge in [0.15, 0.2) is 0 Å². The normalized spacial score (nSPS) is 12.5. The molecule has 1 amide bonds. The molecular weight excluding hydrogens is 1080 g/mol. The Kier molecular flexibility index (Phi) is 76.3. The number of ether oxygens (including phenoxy) is 1. The third-order valence-corrected chi connectivity index (χ3v) is 19.2. The first kappa shape index (κ1) is 86.3. The molecular formula is C82H159NO5. The summed E-state index contributed by atoms with van der Waals surface area (Å²) in [4.78, 5) is 24.6. The van der Waals surface area contributed by atoms with Crippen LogP contribution < -0.4 is 5.32 Å². The molecule has 88 heavy (non-hydrogen) atoms. The van der Waals surface area contributed by atoms with E-state index in [-0.39, 0.29) is 18.5 Å². The lowest BCUT2D eigenvalue weighted by molar-refractivity contribution is -0.143. The molecule has 6 heteroatoms. The summed E-state index contributed by atoms with van der Waals surface area (Å²) >= 11 is 0. The van der Waals surface area contributed by atoms with E-state index in [0.29, 0.717) is 19.4 Å². The number of rotatable bonds is 77. The molecule has 0 aliphatic carbocycles. The van der Waals surface area contributed by atoms with E-state index in [4.69, 9.17) is 4.74 Å². The van der Waals surface area contributed by atoms with E-state index in [9.17, 15) is 19.8 Å². The number of carbonyl (C=O) groups excluding carboxylic acids is 2. The second-order valence-electron chi connectivity index (χ2n) is 28.1. The number of aliphatic hydroxyl groups is 2. The summed E-state index contributed by atoms with van der Waals surface area (Å²) in [6, 6.07) is -0.624. The lowest BCUT2D eigenvalue weighted by Crippen LogP contribution is -2.45. The van der Waals surface area contributed by atoms with Crippen LogP contribution in [0.25, 0.3) is 0 Å². The molecule has 0 aromatic carbocycles. The Morgan fingerprint density at radius 2 is 0.534 bits per heavy atom. The summed E-state index contributed by atoms with van der Waals surface area (Å²) in [6.45, 7) is 4.96. The van der Waals surface area contributed by atoms with Gasteiger partial charge in [0, 0.05) is 12.8 Å². The van der Waals surface area contributed by atoms with E-state index in [0.717, 1.165) is 38.5 Å². The van der Waals surface area contributed by atoms with E-state index < -0.39 is 12.1 Å². The van der Waals surface area contributed by atoms with Gasteiger partial charge >= 0.3 is 5.97 Å². The second-order valence-corrected chi connectivity index (χ2v) is 28.1. The van der Waals surface area contributed by atoms with Gasteiger partial charge in [0.1, 0.15) is 0 Å². The smallest absolute Gasteiger partial charge is 0.305 e. The summed E-state index contributed by atoms with van der Waals surface area (Å²) in [5.74, 6) is -0.0338. The third kappa shape index (κ3) is 73.4. The average Bonchev–Trinajstić information content (AvgIpc) is 3.58. The molecule has 0 heterocycles. The SMILES string of the molecule is CCCCCCCCCCCCCCC/C=C/C(O)C(CO)NC(=O)CCCCCCCCCCCCCCCCCCC/C=C\CCCCCCCCCCCCCCCCCCOC(=O)CCCCCCCCCCCCCCCCCCCCC. The van der Waals surface area contributed by atoms with Crippen LogP contribution in [0.4, 0.5) is 0 Å². The molecule has 0 bridgehead atoms. The van der Waals surface area contributed by atoms with Crippen molar-refractivity contribution in [2.75, 3.05) is 13.2 Å². The van der Waals surface area contributed by atoms with Crippen LogP contribution >= 0.6 is 0 Å². The van der Waals surface area contributed by atoms with Crippen LogP contribution in [0, 0.1) is 0 Å². The minimum Gasteiger partial charge on any atom is -0.466 e. The molecule has 0 fully saturated rings. The number of amides is 1. The molecule has 6 nitrogen and oxygen atoms in total. The van der Waals surface area contributed by atoms with Gasteiger partial charge in [-0.2, -0.15) is 0 Å². The van der Waals surface area contributed by atoms with E-state index in [1.165, 1.54) is 398 Å². The van der Waals surface area contributed by atoms with Crippen molar-refractivity contribution < 1.29 is 24.5 Å². The largest absolute Gasteiger partial charge is 0.466 e. The molecule has 0 rings (SSSR count). The first-order valence-corrected chi connectivity index (χ1v) is 40.6. The quantitative estimate of drug-likeness (QED) is 0.0320. The van der Waals surface area contributed by atoms with E-state index in [1.54, 1.807) is 6.08 Å². The molecule has 2 atom stereocenters. The van der Waals surface area contributed by atoms with Crippen LogP contribution in [-0.2, 0) is 14.3 Å². The predicted molar refractivity (Wildman–Crippen MR) is 389 cm³/mol. The fraction of sp³-hybridized carbons (Fsp3) is 0.927. The fourth-order valence-corrected chi connectivity index (χ4v) is 13.0. The molecule has 2 unspecified atom stereocenters. The van der Waals surface area contributed by atoms with Gasteiger partial charge in [-0.1, -0.05) is 417 Å². The third-order valence-electron chi connectivity index (χ3n) is 19.2. The van der Waals surface area contributed by atoms with Crippen molar-refractivity contribution in [2.45, 2.75) is 475 Å². The minimum absolute atomic E-state index is 0.0271. The van der Waals surface area contributed by atoms with Crippen molar-refractivity contribution in [1.82, 2.24) is 5.32 Å². The summed E-state index contributed by atoms with van der Waals surface area (Å²) in [5, 5.41) is 23.2. The zero-order valence-corrected chi connectivity index (χ0v) is 60.0. The number of esters is 1. The van der Waals surface area contributed by atoms with Gasteiger partial charge in [-0.3, -0.25) is 9.59 Å². The Labute approximate surface area is 551 Å². The Morgan fingerprint density at radius 3 is 0.807 bits per heavy atom. The van der Waals surface area contributed by atoms with Crippen LogP contribution in [0.2, 0.25) is 0 Å². The van der Waals surface area contributed by atoms with E-state index in [2.05, 4.69) is 31.3 Å². The van der Waals surface area contributed by atoms with Gasteiger partial charge in [-0.05, 0) is 57.8 Å². The van der Waals surface area contributed by atoms with Gasteiger partial charge in [-0.15, -0.1) is 0 Å². The molecule has 0 radical (unpaired) electrons. The van der Waals surface area contributed by atoms with Gasteiger partial charge in [0.25, 0.3) is 0 Å². The van der Waals surface area contributed by atoms with Gasteiger partial charge < -0.3 is 20.3 Å². The topological polar surface area (TPSA) is 95.9 Å². The van der Waals surface area contributed by atoms with Gasteiger partial charge in [0.2, 0.25) is 5.91 Å². The summed E-state index contributed by atoms with van der Waals surface area (Å²) < 4.78 is 5.52. The highest BCUT2D eigenvalue weighted by Crippen LogP contribution is 2.20. The number of hydrogen-bond acceptors (Lipinski definition) is 5. The standard InChI is InChI=1S/C82H159NO5/c1-3-5-7-9-11-13-15-17-19-20-40-44-48-52-56-60-64-68-72-76-82(87)88-77-73-69-65-61-57-53-49-45-42-39-37-35-33-31-29-27-25-23-21-22-24-26-28-30-32-34-36-38-41-43-47-51-55-59-63-67-71-75-81(86)83-79(78-84)80(85)74-70-66-62-58-54-50-46-18-16-14-12-10-8-6-4-2/h21,23,70,74,79-80,84-85H,3-20,22,24-69,71-73,75-78H2,1-2H3,(H,83,86)/b23-21-,74-70+. The van der Waals surface area contributed by atoms with Crippen LogP contribution in [0.5, 0.6) is 0 Å². The maximum absolute atomic E-state index is 12.5. The van der Waals surface area contributed by atoms with Gasteiger partial charge in [0.05, 0.1) is 25.4 Å². The molecule has 0 saturated carbocycles. The summed E-state index contributed by atoms with van der Waals surface area (Å²) in [7, 11) is 0.